The molecule has 0 bridgehead atoms. The van der Waals surface area contributed by atoms with Gasteiger partial charge in [0.1, 0.15) is 0 Å². The summed E-state index contributed by atoms with van der Waals surface area (Å²) in [7, 11) is 2.12. The fourth-order valence-electron chi connectivity index (χ4n) is 3.57. The highest BCUT2D eigenvalue weighted by Crippen LogP contribution is 2.27. The minimum absolute atomic E-state index is 0.0904. The van der Waals surface area contributed by atoms with Crippen molar-refractivity contribution >= 4 is 23.7 Å². The lowest BCUT2D eigenvalue weighted by atomic mass is 9.99. The molecule has 3 N–H and O–H groups in total. The monoisotopic (exact) mass is 342 g/mol. The van der Waals surface area contributed by atoms with E-state index in [4.69, 9.17) is 5.73 Å². The Morgan fingerprint density at radius 2 is 2.00 bits per heavy atom. The van der Waals surface area contributed by atoms with Crippen molar-refractivity contribution in [2.45, 2.75) is 31.7 Å². The third kappa shape index (κ3) is 4.32. The van der Waals surface area contributed by atoms with E-state index in [1.165, 1.54) is 17.7 Å². The van der Waals surface area contributed by atoms with Gasteiger partial charge < -0.3 is 20.9 Å². The summed E-state index contributed by atoms with van der Waals surface area (Å²) in [6.45, 7) is 2.30. The van der Waals surface area contributed by atoms with Crippen LogP contribution in [0.5, 0.6) is 0 Å². The number of primary amides is 1. The van der Waals surface area contributed by atoms with Crippen LogP contribution < -0.4 is 16.0 Å². The summed E-state index contributed by atoms with van der Waals surface area (Å²) in [6.07, 6.45) is 7.20. The number of anilines is 1. The van der Waals surface area contributed by atoms with E-state index in [1.807, 2.05) is 6.08 Å². The molecule has 0 atom stereocenters. The first-order valence-corrected chi connectivity index (χ1v) is 8.90. The normalized spacial score (nSPS) is 18.3. The highest BCUT2D eigenvalue weighted by molar-refractivity contribution is 5.92. The topological polar surface area (TPSA) is 78.7 Å². The lowest BCUT2D eigenvalue weighted by Gasteiger charge is -2.30. The first-order valence-electron chi connectivity index (χ1n) is 8.90. The molecule has 6 heteroatoms. The van der Waals surface area contributed by atoms with Gasteiger partial charge in [0.05, 0.1) is 0 Å². The average Bonchev–Trinajstić information content (AvgIpc) is 2.60. The smallest absolute Gasteiger partial charge is 0.314 e. The Kier molecular flexibility index (Phi) is 5.26. The molecule has 0 aliphatic carbocycles. The van der Waals surface area contributed by atoms with Gasteiger partial charge in [-0.25, -0.2) is 4.79 Å². The Balaban J connectivity index is 1.54. The standard InChI is InChI=1S/C19H26N4O2/c1-22-10-2-3-15-13-14(4-6-17(15)22)5-7-18(24)21-16-8-11-23(12-9-16)19(20)25/h4-7,13,16H,2-3,8-12H2,1H3,(H2,20,25)(H,21,24). The summed E-state index contributed by atoms with van der Waals surface area (Å²) >= 11 is 0. The van der Waals surface area contributed by atoms with Crippen LogP contribution in [0.25, 0.3) is 6.08 Å². The van der Waals surface area contributed by atoms with E-state index in [9.17, 15) is 9.59 Å². The van der Waals surface area contributed by atoms with Gasteiger partial charge in [0.25, 0.3) is 0 Å². The van der Waals surface area contributed by atoms with Crippen molar-refractivity contribution in [2.24, 2.45) is 5.73 Å². The molecule has 3 amide bonds. The zero-order chi connectivity index (χ0) is 17.8. The number of hydrogen-bond donors (Lipinski definition) is 2. The Morgan fingerprint density at radius 1 is 1.24 bits per heavy atom. The molecule has 2 aliphatic rings. The summed E-state index contributed by atoms with van der Waals surface area (Å²) in [5, 5.41) is 3.01. The van der Waals surface area contributed by atoms with E-state index in [2.05, 4.69) is 35.5 Å². The van der Waals surface area contributed by atoms with Crippen molar-refractivity contribution in [3.05, 3.63) is 35.4 Å². The van der Waals surface area contributed by atoms with Crippen LogP contribution in [-0.2, 0) is 11.2 Å². The molecule has 6 nitrogen and oxygen atoms in total. The van der Waals surface area contributed by atoms with Crippen LogP contribution in [0.4, 0.5) is 10.5 Å². The second-order valence-electron chi connectivity index (χ2n) is 6.85. The number of amides is 3. The van der Waals surface area contributed by atoms with Crippen LogP contribution in [-0.4, -0.2) is 49.6 Å². The van der Waals surface area contributed by atoms with E-state index < -0.39 is 0 Å². The maximum Gasteiger partial charge on any atom is 0.314 e. The van der Waals surface area contributed by atoms with Crippen LogP contribution in [0, 0.1) is 0 Å². The summed E-state index contributed by atoms with van der Waals surface area (Å²) in [5.41, 5.74) is 8.95. The number of nitrogens with two attached hydrogens (primary N) is 1. The van der Waals surface area contributed by atoms with Crippen molar-refractivity contribution < 1.29 is 9.59 Å². The molecule has 1 aromatic carbocycles. The van der Waals surface area contributed by atoms with Gasteiger partial charge in [0.2, 0.25) is 5.91 Å². The molecule has 134 valence electrons. The van der Waals surface area contributed by atoms with Crippen LogP contribution in [0.2, 0.25) is 0 Å². The Bertz CT molecular complexity index is 678. The first-order chi connectivity index (χ1) is 12.0. The van der Waals surface area contributed by atoms with E-state index in [0.717, 1.165) is 31.4 Å². The molecule has 0 unspecified atom stereocenters. The van der Waals surface area contributed by atoms with Crippen molar-refractivity contribution in [1.82, 2.24) is 10.2 Å². The molecular weight excluding hydrogens is 316 g/mol. The molecule has 0 aromatic heterocycles. The van der Waals surface area contributed by atoms with Gasteiger partial charge in [-0.1, -0.05) is 6.07 Å². The van der Waals surface area contributed by atoms with Crippen molar-refractivity contribution in [1.29, 1.82) is 0 Å². The number of nitrogens with one attached hydrogen (secondary N) is 1. The van der Waals surface area contributed by atoms with E-state index >= 15 is 0 Å². The summed E-state index contributed by atoms with van der Waals surface area (Å²) in [5.74, 6) is -0.0904. The molecule has 2 aliphatic heterocycles. The summed E-state index contributed by atoms with van der Waals surface area (Å²) in [6, 6.07) is 6.06. The number of fused-ring (bicyclic) bond motifs is 1. The van der Waals surface area contributed by atoms with Gasteiger partial charge in [-0.2, -0.15) is 0 Å². The number of urea groups is 1. The number of carbonyl (C=O) groups excluding carboxylic acids is 2. The fraction of sp³-hybridized carbons (Fsp3) is 0.474. The number of likely N-dealkylation sites (tertiary alicyclic amines) is 1. The Morgan fingerprint density at radius 3 is 2.72 bits per heavy atom. The quantitative estimate of drug-likeness (QED) is 0.821. The SMILES string of the molecule is CN1CCCc2cc(C=CC(=O)NC3CCN(C(N)=O)CC3)ccc21. The molecule has 0 radical (unpaired) electrons. The van der Waals surface area contributed by atoms with E-state index in [0.29, 0.717) is 13.1 Å². The van der Waals surface area contributed by atoms with Crippen molar-refractivity contribution in [3.8, 4) is 0 Å². The zero-order valence-corrected chi connectivity index (χ0v) is 14.7. The van der Waals surface area contributed by atoms with Crippen LogP contribution in [0.3, 0.4) is 0 Å². The van der Waals surface area contributed by atoms with Crippen molar-refractivity contribution in [2.75, 3.05) is 31.6 Å². The largest absolute Gasteiger partial charge is 0.374 e. The van der Waals surface area contributed by atoms with Gasteiger partial charge >= 0.3 is 6.03 Å². The molecule has 1 aromatic rings. The summed E-state index contributed by atoms with van der Waals surface area (Å²) < 4.78 is 0. The zero-order valence-electron chi connectivity index (χ0n) is 14.7. The highest BCUT2D eigenvalue weighted by atomic mass is 16.2. The number of carbonyl (C=O) groups is 2. The van der Waals surface area contributed by atoms with Crippen LogP contribution in [0.1, 0.15) is 30.4 Å². The molecule has 0 spiro atoms. The Hall–Kier alpha value is -2.50. The number of piperidine rings is 1. The molecular formula is C19H26N4O2. The van der Waals surface area contributed by atoms with Gasteiger partial charge in [-0.3, -0.25) is 4.79 Å². The Labute approximate surface area is 148 Å². The lowest BCUT2D eigenvalue weighted by Crippen LogP contribution is -2.47. The molecule has 0 saturated carbocycles. The molecule has 1 saturated heterocycles. The van der Waals surface area contributed by atoms with Gasteiger partial charge in [0.15, 0.2) is 0 Å². The highest BCUT2D eigenvalue weighted by Gasteiger charge is 2.21. The third-order valence-electron chi connectivity index (χ3n) is 5.03. The van der Waals surface area contributed by atoms with Crippen LogP contribution in [0.15, 0.2) is 24.3 Å². The summed E-state index contributed by atoms with van der Waals surface area (Å²) in [4.78, 5) is 27.1. The van der Waals surface area contributed by atoms with Gasteiger partial charge in [-0.05, 0) is 55.0 Å². The molecule has 2 heterocycles. The van der Waals surface area contributed by atoms with Gasteiger partial charge in [-0.15, -0.1) is 0 Å². The molecule has 3 rings (SSSR count). The first kappa shape index (κ1) is 17.3. The van der Waals surface area contributed by atoms with E-state index in [-0.39, 0.29) is 18.0 Å². The maximum atomic E-state index is 12.1. The number of rotatable bonds is 3. The minimum Gasteiger partial charge on any atom is -0.374 e. The van der Waals surface area contributed by atoms with Gasteiger partial charge in [0, 0.05) is 44.5 Å². The van der Waals surface area contributed by atoms with Crippen molar-refractivity contribution in [3.63, 3.8) is 0 Å². The number of aryl methyl sites for hydroxylation is 1. The second kappa shape index (κ2) is 7.59. The lowest BCUT2D eigenvalue weighted by molar-refractivity contribution is -0.117. The number of hydrogen-bond acceptors (Lipinski definition) is 3. The number of nitrogens with zero attached hydrogens (tertiary/aromatic N) is 2. The predicted octanol–water partition coefficient (Wildman–Crippen LogP) is 1.74. The van der Waals surface area contributed by atoms with Crippen LogP contribution >= 0.6 is 0 Å². The molecule has 1 fully saturated rings. The van der Waals surface area contributed by atoms with E-state index in [1.54, 1.807) is 11.0 Å². The maximum absolute atomic E-state index is 12.1. The second-order valence-corrected chi connectivity index (χ2v) is 6.85. The number of benzene rings is 1. The fourth-order valence-corrected chi connectivity index (χ4v) is 3.57. The minimum atomic E-state index is -0.386. The third-order valence-corrected chi connectivity index (χ3v) is 5.03. The molecule has 25 heavy (non-hydrogen) atoms. The predicted molar refractivity (Wildman–Crippen MR) is 99.4 cm³/mol. The average molecular weight is 342 g/mol.